The highest BCUT2D eigenvalue weighted by Crippen LogP contribution is 2.37. The van der Waals surface area contributed by atoms with Crippen molar-refractivity contribution in [2.75, 3.05) is 12.4 Å². The third-order valence-electron chi connectivity index (χ3n) is 6.43. The summed E-state index contributed by atoms with van der Waals surface area (Å²) in [6.45, 7) is 1.95. The fraction of sp³-hybridized carbons (Fsp3) is 0.840. The number of ether oxygens (including phenoxy) is 1. The largest absolute Gasteiger partial charge is 0.394 e. The van der Waals surface area contributed by atoms with Crippen LogP contribution in [-0.4, -0.2) is 49.6 Å². The van der Waals surface area contributed by atoms with Gasteiger partial charge in [0.15, 0.2) is 6.23 Å². The van der Waals surface area contributed by atoms with Crippen molar-refractivity contribution >= 4 is 11.8 Å². The van der Waals surface area contributed by atoms with Gasteiger partial charge in [-0.25, -0.2) is 4.79 Å². The number of aromatic amines is 1. The summed E-state index contributed by atoms with van der Waals surface area (Å²) in [6, 6.07) is 1.26. The van der Waals surface area contributed by atoms with Gasteiger partial charge < -0.3 is 14.9 Å². The minimum atomic E-state index is -0.865. The Kier molecular flexibility index (Phi) is 14.1. The molecule has 2 heterocycles. The molecular weight excluding hydrogens is 440 g/mol. The molecule has 8 heteroatoms. The number of hydrogen-bond acceptors (Lipinski definition) is 6. The van der Waals surface area contributed by atoms with Gasteiger partial charge in [-0.15, -0.1) is 0 Å². The topological polar surface area (TPSA) is 105 Å². The van der Waals surface area contributed by atoms with Crippen molar-refractivity contribution in [1.82, 2.24) is 9.55 Å². The molecular formula is C25H44N2O5S. The molecule has 1 aliphatic heterocycles. The molecule has 190 valence electrons. The van der Waals surface area contributed by atoms with Crippen LogP contribution in [0.1, 0.15) is 103 Å². The van der Waals surface area contributed by atoms with Crippen LogP contribution in [0.3, 0.4) is 0 Å². The maximum atomic E-state index is 12.2. The molecule has 0 aromatic carbocycles. The van der Waals surface area contributed by atoms with Gasteiger partial charge in [0.05, 0.1) is 18.0 Å². The molecule has 1 aromatic heterocycles. The Morgan fingerprint density at radius 3 is 2.00 bits per heavy atom. The lowest BCUT2D eigenvalue weighted by molar-refractivity contribution is -0.0457. The molecule has 1 fully saturated rings. The molecule has 3 N–H and O–H groups in total. The van der Waals surface area contributed by atoms with Gasteiger partial charge in [0.2, 0.25) is 0 Å². The molecule has 1 saturated heterocycles. The zero-order chi connectivity index (χ0) is 23.9. The number of aliphatic hydroxyl groups excluding tert-OH is 2. The predicted octanol–water partition coefficient (Wildman–Crippen LogP) is 4.37. The van der Waals surface area contributed by atoms with Crippen LogP contribution >= 0.6 is 11.8 Å². The minimum absolute atomic E-state index is 0.314. The normalized spacial score (nSPS) is 22.8. The molecule has 2 rings (SSSR count). The van der Waals surface area contributed by atoms with E-state index in [2.05, 4.69) is 11.9 Å². The average Bonchev–Trinajstić information content (AvgIpc) is 3.11. The third kappa shape index (κ3) is 9.97. The van der Waals surface area contributed by atoms with E-state index < -0.39 is 29.7 Å². The van der Waals surface area contributed by atoms with Gasteiger partial charge in [-0.1, -0.05) is 90.4 Å². The summed E-state index contributed by atoms with van der Waals surface area (Å²) >= 11 is 1.57. The smallest absolute Gasteiger partial charge is 0.330 e. The Morgan fingerprint density at radius 2 is 1.48 bits per heavy atom. The molecule has 0 spiro atoms. The Balaban J connectivity index is 1.58. The summed E-state index contributed by atoms with van der Waals surface area (Å²) < 4.78 is 7.03. The average molecular weight is 485 g/mol. The SMILES string of the molecule is CCCCCCCCCCCCCCCCS[C@@H]1[C@H](O)[C@@H](CO)O[C@H]1n1ccc(=O)[nH]c1=O. The van der Waals surface area contributed by atoms with Crippen molar-refractivity contribution in [3.8, 4) is 0 Å². The minimum Gasteiger partial charge on any atom is -0.394 e. The van der Waals surface area contributed by atoms with Crippen molar-refractivity contribution in [3.05, 3.63) is 33.1 Å². The summed E-state index contributed by atoms with van der Waals surface area (Å²) in [5, 5.41) is 19.7. The van der Waals surface area contributed by atoms with Gasteiger partial charge >= 0.3 is 5.69 Å². The van der Waals surface area contributed by atoms with Crippen LogP contribution in [0.25, 0.3) is 0 Å². The molecule has 0 saturated carbocycles. The Hall–Kier alpha value is -1.09. The second kappa shape index (κ2) is 16.5. The Labute approximate surface area is 202 Å². The van der Waals surface area contributed by atoms with Crippen molar-refractivity contribution in [3.63, 3.8) is 0 Å². The second-order valence-electron chi connectivity index (χ2n) is 9.19. The zero-order valence-electron chi connectivity index (χ0n) is 20.3. The number of unbranched alkanes of at least 4 members (excludes halogenated alkanes) is 13. The van der Waals surface area contributed by atoms with Gasteiger partial charge in [-0.2, -0.15) is 11.8 Å². The van der Waals surface area contributed by atoms with Crippen LogP contribution in [0.2, 0.25) is 0 Å². The van der Waals surface area contributed by atoms with Crippen molar-refractivity contribution in [2.24, 2.45) is 0 Å². The van der Waals surface area contributed by atoms with E-state index >= 15 is 0 Å². The first kappa shape index (κ1) is 28.1. The fourth-order valence-electron chi connectivity index (χ4n) is 4.42. The molecule has 0 aliphatic carbocycles. The number of aliphatic hydroxyl groups is 2. The van der Waals surface area contributed by atoms with Gasteiger partial charge in [0, 0.05) is 12.3 Å². The number of nitrogens with one attached hydrogen (secondary N) is 1. The van der Waals surface area contributed by atoms with Crippen LogP contribution in [0.4, 0.5) is 0 Å². The first-order valence-corrected chi connectivity index (χ1v) is 14.0. The number of hydrogen-bond donors (Lipinski definition) is 3. The summed E-state index contributed by atoms with van der Waals surface area (Å²) in [5.41, 5.74) is -1.04. The highest BCUT2D eigenvalue weighted by atomic mass is 32.2. The maximum absolute atomic E-state index is 12.2. The molecule has 1 aliphatic rings. The van der Waals surface area contributed by atoms with E-state index in [9.17, 15) is 19.8 Å². The van der Waals surface area contributed by atoms with E-state index in [1.165, 1.54) is 93.9 Å². The van der Waals surface area contributed by atoms with Crippen molar-refractivity contribution in [2.45, 2.75) is 121 Å². The summed E-state index contributed by atoms with van der Waals surface area (Å²) in [7, 11) is 0. The Morgan fingerprint density at radius 1 is 0.939 bits per heavy atom. The molecule has 1 aromatic rings. The molecule has 33 heavy (non-hydrogen) atoms. The van der Waals surface area contributed by atoms with Gasteiger partial charge in [-0.3, -0.25) is 14.3 Å². The number of H-pyrrole nitrogens is 1. The standard InChI is InChI=1S/C25H44N2O5S/c1-2-3-4-5-6-7-8-9-10-11-12-13-14-15-18-33-23-22(30)20(19-28)32-24(23)27-17-16-21(29)26-25(27)31/h16-17,20,22-24,28,30H,2-15,18-19H2,1H3,(H,26,29,31)/t20-,22-,23-,24-/m1/s1. The first-order chi connectivity index (χ1) is 16.1. The van der Waals surface area contributed by atoms with Crippen LogP contribution in [0, 0.1) is 0 Å². The summed E-state index contributed by atoms with van der Waals surface area (Å²) in [5.74, 6) is 0.857. The van der Waals surface area contributed by atoms with E-state index in [-0.39, 0.29) is 11.9 Å². The highest BCUT2D eigenvalue weighted by Gasteiger charge is 2.44. The second-order valence-corrected chi connectivity index (χ2v) is 10.5. The van der Waals surface area contributed by atoms with E-state index in [0.29, 0.717) is 0 Å². The van der Waals surface area contributed by atoms with Crippen LogP contribution < -0.4 is 11.2 Å². The van der Waals surface area contributed by atoms with E-state index in [1.54, 1.807) is 11.8 Å². The lowest BCUT2D eigenvalue weighted by atomic mass is 10.0. The summed E-state index contributed by atoms with van der Waals surface area (Å²) in [6.07, 6.45) is 17.5. The van der Waals surface area contributed by atoms with Crippen molar-refractivity contribution < 1.29 is 14.9 Å². The van der Waals surface area contributed by atoms with Crippen LogP contribution in [0.15, 0.2) is 21.9 Å². The molecule has 4 atom stereocenters. The highest BCUT2D eigenvalue weighted by molar-refractivity contribution is 8.00. The number of thioether (sulfide) groups is 1. The van der Waals surface area contributed by atoms with Crippen LogP contribution in [0.5, 0.6) is 0 Å². The zero-order valence-corrected chi connectivity index (χ0v) is 21.1. The third-order valence-corrected chi connectivity index (χ3v) is 7.85. The lowest BCUT2D eigenvalue weighted by Crippen LogP contribution is -2.36. The monoisotopic (exact) mass is 484 g/mol. The predicted molar refractivity (Wildman–Crippen MR) is 135 cm³/mol. The summed E-state index contributed by atoms with van der Waals surface area (Å²) in [4.78, 5) is 25.7. The van der Waals surface area contributed by atoms with Gasteiger partial charge in [-0.05, 0) is 12.2 Å². The molecule has 0 bridgehead atoms. The Bertz CT molecular complexity index is 753. The fourth-order valence-corrected chi connectivity index (χ4v) is 5.79. The molecule has 7 nitrogen and oxygen atoms in total. The number of nitrogens with zero attached hydrogens (tertiary/aromatic N) is 1. The maximum Gasteiger partial charge on any atom is 0.330 e. The van der Waals surface area contributed by atoms with E-state index in [4.69, 9.17) is 4.74 Å². The van der Waals surface area contributed by atoms with Gasteiger partial charge in [0.25, 0.3) is 5.56 Å². The quantitative estimate of drug-likeness (QED) is 0.267. The first-order valence-electron chi connectivity index (χ1n) is 13.0. The number of aromatic nitrogens is 2. The molecule has 0 radical (unpaired) electrons. The lowest BCUT2D eigenvalue weighted by Gasteiger charge is -2.21. The molecule has 0 amide bonds. The van der Waals surface area contributed by atoms with Crippen LogP contribution in [-0.2, 0) is 4.74 Å². The van der Waals surface area contributed by atoms with Gasteiger partial charge in [0.1, 0.15) is 6.10 Å². The molecule has 0 unspecified atom stereocenters. The van der Waals surface area contributed by atoms with E-state index in [1.807, 2.05) is 0 Å². The van der Waals surface area contributed by atoms with Crippen molar-refractivity contribution in [1.29, 1.82) is 0 Å². The van der Waals surface area contributed by atoms with E-state index in [0.717, 1.165) is 18.6 Å². The number of rotatable bonds is 18.